The second-order valence-corrected chi connectivity index (χ2v) is 1.69. The Morgan fingerprint density at radius 1 is 1.30 bits per heavy atom. The lowest BCUT2D eigenvalue weighted by atomic mass is 10.3. The van der Waals surface area contributed by atoms with Crippen molar-refractivity contribution in [2.75, 3.05) is 0 Å². The fourth-order valence-electron chi connectivity index (χ4n) is 0.590. The molecular formula is C7H8N2O. The van der Waals surface area contributed by atoms with Crippen molar-refractivity contribution in [3.05, 3.63) is 30.3 Å². The fourth-order valence-corrected chi connectivity index (χ4v) is 0.590. The van der Waals surface area contributed by atoms with Crippen LogP contribution in [0, 0.1) is 0 Å². The van der Waals surface area contributed by atoms with Gasteiger partial charge in [-0.1, -0.05) is 18.2 Å². The number of ether oxygens (including phenoxy) is 1. The van der Waals surface area contributed by atoms with E-state index in [4.69, 9.17) is 10.6 Å². The van der Waals surface area contributed by atoms with Crippen LogP contribution in [0.5, 0.6) is 5.75 Å². The molecule has 0 saturated heterocycles. The number of hydrogen-bond acceptors (Lipinski definition) is 3. The Balaban J connectivity index is 2.59. The van der Waals surface area contributed by atoms with Crippen LogP contribution in [0.2, 0.25) is 0 Å². The van der Waals surface area contributed by atoms with E-state index < -0.39 is 0 Å². The second kappa shape index (κ2) is 3.50. The third kappa shape index (κ3) is 1.78. The number of rotatable bonds is 2. The summed E-state index contributed by atoms with van der Waals surface area (Å²) in [6.45, 7) is 0. The highest BCUT2D eigenvalue weighted by atomic mass is 16.5. The molecule has 0 atom stereocenters. The number of benzene rings is 1. The third-order valence-corrected chi connectivity index (χ3v) is 0.993. The lowest BCUT2D eigenvalue weighted by Crippen LogP contribution is -1.92. The van der Waals surface area contributed by atoms with Gasteiger partial charge in [0.15, 0.2) is 6.40 Å². The number of para-hydroxylation sites is 1. The van der Waals surface area contributed by atoms with Gasteiger partial charge in [0, 0.05) is 0 Å². The van der Waals surface area contributed by atoms with Crippen molar-refractivity contribution in [1.29, 1.82) is 0 Å². The van der Waals surface area contributed by atoms with Crippen LogP contribution in [0.25, 0.3) is 0 Å². The number of hydrogen-bond donors (Lipinski definition) is 1. The van der Waals surface area contributed by atoms with Crippen molar-refractivity contribution in [1.82, 2.24) is 0 Å². The van der Waals surface area contributed by atoms with Crippen LogP contribution >= 0.6 is 0 Å². The summed E-state index contributed by atoms with van der Waals surface area (Å²) in [4.78, 5) is 0. The minimum atomic E-state index is 0.733. The SMILES string of the molecule is NN=COc1ccccc1. The summed E-state index contributed by atoms with van der Waals surface area (Å²) < 4.78 is 4.94. The first-order chi connectivity index (χ1) is 4.93. The zero-order valence-electron chi connectivity index (χ0n) is 5.40. The predicted molar refractivity (Wildman–Crippen MR) is 39.7 cm³/mol. The molecule has 0 aliphatic carbocycles. The van der Waals surface area contributed by atoms with Gasteiger partial charge >= 0.3 is 0 Å². The number of nitrogens with zero attached hydrogens (tertiary/aromatic N) is 1. The average Bonchev–Trinajstić information content (AvgIpc) is 2.03. The van der Waals surface area contributed by atoms with E-state index in [0.717, 1.165) is 5.75 Å². The Bertz CT molecular complexity index is 208. The molecule has 1 aromatic rings. The van der Waals surface area contributed by atoms with E-state index in [2.05, 4.69) is 5.10 Å². The Morgan fingerprint density at radius 3 is 2.60 bits per heavy atom. The summed E-state index contributed by atoms with van der Waals surface area (Å²) in [5.41, 5.74) is 0. The molecule has 0 aromatic heterocycles. The highest BCUT2D eigenvalue weighted by Crippen LogP contribution is 2.06. The van der Waals surface area contributed by atoms with E-state index in [-0.39, 0.29) is 0 Å². The van der Waals surface area contributed by atoms with E-state index in [1.54, 1.807) is 0 Å². The zero-order chi connectivity index (χ0) is 7.23. The summed E-state index contributed by atoms with van der Waals surface area (Å²) >= 11 is 0. The summed E-state index contributed by atoms with van der Waals surface area (Å²) in [7, 11) is 0. The molecule has 0 unspecified atom stereocenters. The van der Waals surface area contributed by atoms with Gasteiger partial charge < -0.3 is 10.6 Å². The third-order valence-electron chi connectivity index (χ3n) is 0.993. The van der Waals surface area contributed by atoms with Crippen molar-refractivity contribution in [2.24, 2.45) is 10.9 Å². The molecule has 0 radical (unpaired) electrons. The highest BCUT2D eigenvalue weighted by molar-refractivity contribution is 5.51. The molecule has 1 rings (SSSR count). The quantitative estimate of drug-likeness (QED) is 0.285. The molecule has 52 valence electrons. The van der Waals surface area contributed by atoms with Crippen LogP contribution in [0.3, 0.4) is 0 Å². The van der Waals surface area contributed by atoms with Gasteiger partial charge in [0.05, 0.1) is 0 Å². The Morgan fingerprint density at radius 2 is 2.00 bits per heavy atom. The summed E-state index contributed by atoms with van der Waals surface area (Å²) in [5.74, 6) is 5.55. The lowest BCUT2D eigenvalue weighted by Gasteiger charge is -1.94. The van der Waals surface area contributed by atoms with Crippen LogP contribution in [-0.2, 0) is 0 Å². The van der Waals surface area contributed by atoms with E-state index in [1.807, 2.05) is 30.3 Å². The van der Waals surface area contributed by atoms with Crippen LogP contribution in [0.4, 0.5) is 0 Å². The van der Waals surface area contributed by atoms with E-state index >= 15 is 0 Å². The minimum Gasteiger partial charge on any atom is -0.444 e. The van der Waals surface area contributed by atoms with E-state index in [9.17, 15) is 0 Å². The van der Waals surface area contributed by atoms with Crippen molar-refractivity contribution in [3.63, 3.8) is 0 Å². The Kier molecular flexibility index (Phi) is 2.31. The molecule has 3 nitrogen and oxygen atoms in total. The Labute approximate surface area is 59.1 Å². The normalized spacial score (nSPS) is 10.0. The van der Waals surface area contributed by atoms with Gasteiger partial charge in [0.25, 0.3) is 0 Å². The average molecular weight is 136 g/mol. The Hall–Kier alpha value is -1.51. The molecule has 0 spiro atoms. The maximum absolute atomic E-state index is 4.94. The molecule has 0 saturated carbocycles. The van der Waals surface area contributed by atoms with Gasteiger partial charge in [0.1, 0.15) is 5.75 Å². The molecule has 0 bridgehead atoms. The predicted octanol–water partition coefficient (Wildman–Crippen LogP) is 0.967. The summed E-state index contributed by atoms with van der Waals surface area (Å²) in [6, 6.07) is 9.30. The lowest BCUT2D eigenvalue weighted by molar-refractivity contribution is 0.571. The standard InChI is InChI=1S/C7H8N2O/c8-9-6-10-7-4-2-1-3-5-7/h1-6H,8H2. The monoisotopic (exact) mass is 136 g/mol. The van der Waals surface area contributed by atoms with Gasteiger partial charge in [-0.15, -0.1) is 0 Å². The molecule has 0 aliphatic heterocycles. The van der Waals surface area contributed by atoms with Crippen molar-refractivity contribution in [2.45, 2.75) is 0 Å². The van der Waals surface area contributed by atoms with Gasteiger partial charge in [-0.3, -0.25) is 0 Å². The van der Waals surface area contributed by atoms with E-state index in [1.165, 1.54) is 6.40 Å². The number of nitrogens with two attached hydrogens (primary N) is 1. The van der Waals surface area contributed by atoms with Crippen LogP contribution in [-0.4, -0.2) is 6.40 Å². The first-order valence-corrected chi connectivity index (χ1v) is 2.87. The van der Waals surface area contributed by atoms with Gasteiger partial charge in [-0.2, -0.15) is 5.10 Å². The molecule has 0 fully saturated rings. The largest absolute Gasteiger partial charge is 0.444 e. The summed E-state index contributed by atoms with van der Waals surface area (Å²) in [5, 5.41) is 3.18. The molecule has 0 aliphatic rings. The number of hydrazone groups is 1. The van der Waals surface area contributed by atoms with Gasteiger partial charge in [-0.25, -0.2) is 0 Å². The van der Waals surface area contributed by atoms with Crippen molar-refractivity contribution in [3.8, 4) is 5.75 Å². The minimum absolute atomic E-state index is 0.733. The first-order valence-electron chi connectivity index (χ1n) is 2.87. The van der Waals surface area contributed by atoms with E-state index in [0.29, 0.717) is 0 Å². The molecule has 10 heavy (non-hydrogen) atoms. The molecule has 3 heteroatoms. The molecule has 0 heterocycles. The van der Waals surface area contributed by atoms with Crippen molar-refractivity contribution < 1.29 is 4.74 Å². The zero-order valence-corrected chi connectivity index (χ0v) is 5.40. The molecule has 2 N–H and O–H groups in total. The second-order valence-electron chi connectivity index (χ2n) is 1.69. The van der Waals surface area contributed by atoms with Crippen LogP contribution in [0.15, 0.2) is 35.4 Å². The highest BCUT2D eigenvalue weighted by Gasteiger charge is 1.83. The summed E-state index contributed by atoms with van der Waals surface area (Å²) in [6.07, 6.45) is 1.19. The maximum Gasteiger partial charge on any atom is 0.198 e. The van der Waals surface area contributed by atoms with Crippen LogP contribution < -0.4 is 10.6 Å². The first kappa shape index (κ1) is 6.61. The smallest absolute Gasteiger partial charge is 0.198 e. The molecular weight excluding hydrogens is 128 g/mol. The maximum atomic E-state index is 4.94. The van der Waals surface area contributed by atoms with Crippen LogP contribution in [0.1, 0.15) is 0 Å². The van der Waals surface area contributed by atoms with Crippen molar-refractivity contribution >= 4 is 6.40 Å². The van der Waals surface area contributed by atoms with Gasteiger partial charge in [-0.05, 0) is 12.1 Å². The molecule has 0 amide bonds. The van der Waals surface area contributed by atoms with Gasteiger partial charge in [0.2, 0.25) is 0 Å². The fraction of sp³-hybridized carbons (Fsp3) is 0. The molecule has 1 aromatic carbocycles. The topological polar surface area (TPSA) is 47.6 Å².